The molecule has 29 heavy (non-hydrogen) atoms. The molecule has 1 amide bonds. The van der Waals surface area contributed by atoms with Gasteiger partial charge in [-0.1, -0.05) is 45.2 Å². The first-order valence-corrected chi connectivity index (χ1v) is 11.8. The maximum Gasteiger partial charge on any atom is 0.243 e. The molecule has 0 unspecified atom stereocenters. The molecule has 0 aromatic heterocycles. The lowest BCUT2D eigenvalue weighted by molar-refractivity contribution is -0.135. The molecule has 1 saturated heterocycles. The molecule has 3 rings (SSSR count). The molecule has 0 saturated carbocycles. The highest BCUT2D eigenvalue weighted by Gasteiger charge is 2.29. The highest BCUT2D eigenvalue weighted by atomic mass is 79.9. The van der Waals surface area contributed by atoms with Crippen LogP contribution in [0.1, 0.15) is 5.56 Å². The number of rotatable bonds is 6. The molecule has 6 nitrogen and oxygen atoms in total. The van der Waals surface area contributed by atoms with E-state index >= 15 is 0 Å². The third-order valence-electron chi connectivity index (χ3n) is 4.47. The number of ether oxygens (including phenoxy) is 1. The largest absolute Gasteiger partial charge is 0.378 e. The zero-order valence-corrected chi connectivity index (χ0v) is 19.3. The Labute approximate surface area is 188 Å². The summed E-state index contributed by atoms with van der Waals surface area (Å²) in [6.45, 7) is 1.48. The highest BCUT2D eigenvalue weighted by molar-refractivity contribution is 9.10. The van der Waals surface area contributed by atoms with E-state index in [1.807, 2.05) is 0 Å². The smallest absolute Gasteiger partial charge is 0.243 e. The molecule has 1 aliphatic heterocycles. The molecule has 2 aromatic rings. The number of carbonyl (C=O) groups is 1. The number of hydrogen-bond acceptors (Lipinski definition) is 4. The minimum absolute atomic E-state index is 0.00857. The normalized spacial score (nSPS) is 15.0. The van der Waals surface area contributed by atoms with Gasteiger partial charge in [-0.15, -0.1) is 0 Å². The lowest BCUT2D eigenvalue weighted by atomic mass is 10.2. The van der Waals surface area contributed by atoms with Gasteiger partial charge in [-0.05, 0) is 42.0 Å². The number of sulfonamides is 1. The molecule has 0 spiro atoms. The van der Waals surface area contributed by atoms with E-state index in [1.165, 1.54) is 12.1 Å². The van der Waals surface area contributed by atoms with Crippen LogP contribution in [0.3, 0.4) is 0 Å². The van der Waals surface area contributed by atoms with E-state index in [1.54, 1.807) is 35.2 Å². The Morgan fingerprint density at radius 2 is 1.72 bits per heavy atom. The highest BCUT2D eigenvalue weighted by Crippen LogP contribution is 2.25. The Morgan fingerprint density at radius 1 is 1.07 bits per heavy atom. The van der Waals surface area contributed by atoms with Crippen LogP contribution in [0.2, 0.25) is 10.0 Å². The van der Waals surface area contributed by atoms with Crippen molar-refractivity contribution in [3.63, 3.8) is 0 Å². The Hall–Kier alpha value is -1.16. The molecule has 1 aliphatic rings. The van der Waals surface area contributed by atoms with Gasteiger partial charge in [-0.2, -0.15) is 4.31 Å². The summed E-state index contributed by atoms with van der Waals surface area (Å²) in [6.07, 6.45) is 0. The first-order chi connectivity index (χ1) is 13.8. The molecule has 0 aliphatic carbocycles. The van der Waals surface area contributed by atoms with Crippen LogP contribution in [0.5, 0.6) is 0 Å². The van der Waals surface area contributed by atoms with Crippen LogP contribution in [-0.2, 0) is 26.1 Å². The van der Waals surface area contributed by atoms with Gasteiger partial charge in [0.2, 0.25) is 15.9 Å². The predicted molar refractivity (Wildman–Crippen MR) is 116 cm³/mol. The minimum atomic E-state index is -3.92. The molecular weight excluding hydrogens is 503 g/mol. The second-order valence-electron chi connectivity index (χ2n) is 6.47. The first-order valence-electron chi connectivity index (χ1n) is 8.82. The van der Waals surface area contributed by atoms with Gasteiger partial charge in [-0.25, -0.2) is 8.42 Å². The van der Waals surface area contributed by atoms with Crippen molar-refractivity contribution < 1.29 is 17.9 Å². The number of nitrogens with zero attached hydrogens (tertiary/aromatic N) is 2. The zero-order chi connectivity index (χ0) is 21.0. The van der Waals surface area contributed by atoms with Gasteiger partial charge in [0, 0.05) is 24.1 Å². The van der Waals surface area contributed by atoms with Gasteiger partial charge < -0.3 is 9.64 Å². The number of benzene rings is 2. The Morgan fingerprint density at radius 3 is 2.34 bits per heavy atom. The molecule has 0 radical (unpaired) electrons. The molecule has 0 bridgehead atoms. The van der Waals surface area contributed by atoms with E-state index in [2.05, 4.69) is 15.9 Å². The summed E-state index contributed by atoms with van der Waals surface area (Å²) in [5.41, 5.74) is 0.634. The summed E-state index contributed by atoms with van der Waals surface area (Å²) in [7, 11) is -3.92. The van der Waals surface area contributed by atoms with Crippen molar-refractivity contribution in [2.45, 2.75) is 11.4 Å². The van der Waals surface area contributed by atoms with Crippen molar-refractivity contribution in [1.29, 1.82) is 0 Å². The molecule has 1 heterocycles. The Balaban J connectivity index is 1.90. The maximum atomic E-state index is 13.3. The van der Waals surface area contributed by atoms with Crippen molar-refractivity contribution >= 4 is 55.1 Å². The standard InChI is InChI=1S/C19H19BrCl2N2O4S/c20-15-2-4-16(5-3-15)29(26,27)24(12-14-1-6-17(21)18(22)11-14)13-19(25)23-7-9-28-10-8-23/h1-6,11H,7-10,12-13H2. The summed E-state index contributed by atoms with van der Waals surface area (Å²) >= 11 is 15.3. The SMILES string of the molecule is O=C(CN(Cc1ccc(Cl)c(Cl)c1)S(=O)(=O)c1ccc(Br)cc1)N1CCOCC1. The average molecular weight is 522 g/mol. The van der Waals surface area contributed by atoms with Gasteiger partial charge in [0.15, 0.2) is 0 Å². The Bertz CT molecular complexity index is 980. The van der Waals surface area contributed by atoms with Gasteiger partial charge in [0.25, 0.3) is 0 Å². The third-order valence-corrected chi connectivity index (χ3v) is 7.54. The number of morpholine rings is 1. The number of amides is 1. The predicted octanol–water partition coefficient (Wildman–Crippen LogP) is 3.81. The van der Waals surface area contributed by atoms with E-state index in [-0.39, 0.29) is 23.9 Å². The summed E-state index contributed by atoms with van der Waals surface area (Å²) in [5.74, 6) is -0.269. The van der Waals surface area contributed by atoms with Crippen molar-refractivity contribution in [3.05, 3.63) is 62.5 Å². The van der Waals surface area contributed by atoms with Crippen LogP contribution in [-0.4, -0.2) is 56.4 Å². The Kier molecular flexibility index (Phi) is 7.58. The third kappa shape index (κ3) is 5.71. The van der Waals surface area contributed by atoms with Crippen molar-refractivity contribution in [2.24, 2.45) is 0 Å². The van der Waals surface area contributed by atoms with E-state index in [9.17, 15) is 13.2 Å². The minimum Gasteiger partial charge on any atom is -0.378 e. The summed E-state index contributed by atoms with van der Waals surface area (Å²) in [6, 6.07) is 11.2. The molecular formula is C19H19BrCl2N2O4S. The number of halogens is 3. The molecule has 2 aromatic carbocycles. The van der Waals surface area contributed by atoms with E-state index in [0.717, 1.165) is 8.78 Å². The molecule has 10 heteroatoms. The first kappa shape index (κ1) is 22.5. The molecule has 0 atom stereocenters. The lowest BCUT2D eigenvalue weighted by Crippen LogP contribution is -2.46. The van der Waals surface area contributed by atoms with Crippen LogP contribution in [0, 0.1) is 0 Å². The van der Waals surface area contributed by atoms with Crippen molar-refractivity contribution in [3.8, 4) is 0 Å². The molecule has 156 valence electrons. The number of hydrogen-bond donors (Lipinski definition) is 0. The lowest BCUT2D eigenvalue weighted by Gasteiger charge is -2.29. The van der Waals surface area contributed by atoms with E-state index < -0.39 is 10.0 Å². The van der Waals surface area contributed by atoms with Crippen molar-refractivity contribution in [1.82, 2.24) is 9.21 Å². The average Bonchev–Trinajstić information content (AvgIpc) is 2.71. The molecule has 0 N–H and O–H groups in total. The second kappa shape index (κ2) is 9.76. The van der Waals surface area contributed by atoms with Crippen LogP contribution >= 0.6 is 39.1 Å². The monoisotopic (exact) mass is 520 g/mol. The van der Waals surface area contributed by atoms with Crippen LogP contribution in [0.25, 0.3) is 0 Å². The summed E-state index contributed by atoms with van der Waals surface area (Å²) in [4.78, 5) is 14.5. The molecule has 1 fully saturated rings. The van der Waals surface area contributed by atoms with Crippen LogP contribution in [0.4, 0.5) is 0 Å². The second-order valence-corrected chi connectivity index (χ2v) is 10.1. The van der Waals surface area contributed by atoms with Gasteiger partial charge >= 0.3 is 0 Å². The van der Waals surface area contributed by atoms with E-state index in [0.29, 0.717) is 41.9 Å². The van der Waals surface area contributed by atoms with Crippen molar-refractivity contribution in [2.75, 3.05) is 32.8 Å². The topological polar surface area (TPSA) is 66.9 Å². The fourth-order valence-corrected chi connectivity index (χ4v) is 4.85. The van der Waals surface area contributed by atoms with Gasteiger partial charge in [-0.3, -0.25) is 4.79 Å². The summed E-state index contributed by atoms with van der Waals surface area (Å²) in [5, 5.41) is 0.701. The van der Waals surface area contributed by atoms with Gasteiger partial charge in [0.05, 0.1) is 34.7 Å². The maximum absolute atomic E-state index is 13.3. The fraction of sp³-hybridized carbons (Fsp3) is 0.316. The van der Waals surface area contributed by atoms with Crippen LogP contribution in [0.15, 0.2) is 51.8 Å². The zero-order valence-electron chi connectivity index (χ0n) is 15.4. The number of carbonyl (C=O) groups excluding carboxylic acids is 1. The van der Waals surface area contributed by atoms with Crippen LogP contribution < -0.4 is 0 Å². The van der Waals surface area contributed by atoms with E-state index in [4.69, 9.17) is 27.9 Å². The summed E-state index contributed by atoms with van der Waals surface area (Å²) < 4.78 is 33.7. The quantitative estimate of drug-likeness (QED) is 0.579. The van der Waals surface area contributed by atoms with Gasteiger partial charge in [0.1, 0.15) is 0 Å². The fourth-order valence-electron chi connectivity index (χ4n) is 2.89.